The number of benzene rings is 1. The standard InChI is InChI=1S/C17H19N5O/c1-2-3-4-12-5-7-13(8-6-12)20-17(23)21-15-11-18-16-14(15)9-10-19-22-16/h5-11H,2-4H2,1H3,(H,18,22)(H2,20,21,23). The molecule has 2 aromatic heterocycles. The van der Waals surface area contributed by atoms with Crippen molar-refractivity contribution in [3.8, 4) is 0 Å². The lowest BCUT2D eigenvalue weighted by Crippen LogP contribution is -2.19. The van der Waals surface area contributed by atoms with Crippen LogP contribution in [0.25, 0.3) is 11.0 Å². The lowest BCUT2D eigenvalue weighted by atomic mass is 10.1. The number of aryl methyl sites for hydroxylation is 1. The summed E-state index contributed by atoms with van der Waals surface area (Å²) in [6.07, 6.45) is 6.72. The lowest BCUT2D eigenvalue weighted by molar-refractivity contribution is 0.262. The van der Waals surface area contributed by atoms with Gasteiger partial charge in [0.2, 0.25) is 0 Å². The molecule has 23 heavy (non-hydrogen) atoms. The molecule has 0 fully saturated rings. The average Bonchev–Trinajstić information content (AvgIpc) is 2.97. The molecule has 2 amide bonds. The molecule has 6 nitrogen and oxygen atoms in total. The van der Waals surface area contributed by atoms with Gasteiger partial charge in [-0.2, -0.15) is 5.10 Å². The van der Waals surface area contributed by atoms with Crippen LogP contribution in [0, 0.1) is 0 Å². The van der Waals surface area contributed by atoms with Gasteiger partial charge in [-0.1, -0.05) is 25.5 Å². The number of urea groups is 1. The number of hydrogen-bond donors (Lipinski definition) is 3. The van der Waals surface area contributed by atoms with Crippen molar-refractivity contribution in [2.45, 2.75) is 26.2 Å². The minimum atomic E-state index is -0.288. The number of carbonyl (C=O) groups is 1. The fraction of sp³-hybridized carbons (Fsp3) is 0.235. The van der Waals surface area contributed by atoms with E-state index in [1.54, 1.807) is 18.5 Å². The Morgan fingerprint density at radius 2 is 2.00 bits per heavy atom. The zero-order valence-electron chi connectivity index (χ0n) is 13.0. The summed E-state index contributed by atoms with van der Waals surface area (Å²) in [5.74, 6) is 0. The van der Waals surface area contributed by atoms with Crippen LogP contribution in [0.1, 0.15) is 25.3 Å². The van der Waals surface area contributed by atoms with Crippen molar-refractivity contribution in [2.24, 2.45) is 0 Å². The molecule has 0 radical (unpaired) electrons. The first kappa shape index (κ1) is 15.0. The predicted molar refractivity (Wildman–Crippen MR) is 91.6 cm³/mol. The summed E-state index contributed by atoms with van der Waals surface area (Å²) < 4.78 is 0. The first-order valence-electron chi connectivity index (χ1n) is 7.72. The molecule has 0 saturated heterocycles. The predicted octanol–water partition coefficient (Wildman–Crippen LogP) is 3.94. The number of nitrogens with zero attached hydrogens (tertiary/aromatic N) is 2. The van der Waals surface area contributed by atoms with Gasteiger partial charge >= 0.3 is 6.03 Å². The number of nitrogens with one attached hydrogen (secondary N) is 3. The van der Waals surface area contributed by atoms with Crippen molar-refractivity contribution in [1.82, 2.24) is 15.2 Å². The van der Waals surface area contributed by atoms with Gasteiger partial charge in [-0.05, 0) is 36.6 Å². The molecule has 3 aromatic rings. The van der Waals surface area contributed by atoms with E-state index < -0.39 is 0 Å². The summed E-state index contributed by atoms with van der Waals surface area (Å²) >= 11 is 0. The van der Waals surface area contributed by atoms with Gasteiger partial charge in [0.05, 0.1) is 11.9 Å². The van der Waals surface area contributed by atoms with Crippen molar-refractivity contribution in [2.75, 3.05) is 10.6 Å². The van der Waals surface area contributed by atoms with Crippen molar-refractivity contribution >= 4 is 28.4 Å². The van der Waals surface area contributed by atoms with Gasteiger partial charge in [-0.25, -0.2) is 4.79 Å². The molecule has 3 rings (SSSR count). The molecule has 0 bridgehead atoms. The summed E-state index contributed by atoms with van der Waals surface area (Å²) in [5.41, 5.74) is 3.37. The number of aromatic nitrogens is 3. The second-order valence-corrected chi connectivity index (χ2v) is 5.38. The summed E-state index contributed by atoms with van der Waals surface area (Å²) in [5, 5.41) is 14.2. The number of rotatable bonds is 5. The van der Waals surface area contributed by atoms with E-state index in [-0.39, 0.29) is 6.03 Å². The molecule has 3 N–H and O–H groups in total. The van der Waals surface area contributed by atoms with Crippen LogP contribution in [0.5, 0.6) is 0 Å². The van der Waals surface area contributed by atoms with E-state index in [4.69, 9.17) is 0 Å². The molecule has 118 valence electrons. The molecule has 0 aliphatic carbocycles. The van der Waals surface area contributed by atoms with Crippen LogP contribution in [-0.2, 0) is 6.42 Å². The van der Waals surface area contributed by atoms with Crippen LogP contribution in [0.3, 0.4) is 0 Å². The molecule has 1 aromatic carbocycles. The zero-order chi connectivity index (χ0) is 16.1. The van der Waals surface area contributed by atoms with E-state index in [0.717, 1.165) is 17.5 Å². The normalized spacial score (nSPS) is 10.7. The third-order valence-electron chi connectivity index (χ3n) is 3.64. The van der Waals surface area contributed by atoms with Crippen molar-refractivity contribution in [1.29, 1.82) is 0 Å². The number of aromatic amines is 1. The van der Waals surface area contributed by atoms with Gasteiger partial charge in [-0.3, -0.25) is 0 Å². The van der Waals surface area contributed by atoms with Gasteiger partial charge < -0.3 is 15.6 Å². The molecule has 0 aliphatic rings. The molecular weight excluding hydrogens is 290 g/mol. The number of carbonyl (C=O) groups excluding carboxylic acids is 1. The van der Waals surface area contributed by atoms with E-state index >= 15 is 0 Å². The Kier molecular flexibility index (Phi) is 4.52. The molecule has 0 unspecified atom stereocenters. The summed E-state index contributed by atoms with van der Waals surface area (Å²) in [4.78, 5) is 15.1. The maximum atomic E-state index is 12.1. The SMILES string of the molecule is CCCCc1ccc(NC(=O)Nc2c[nH]c3nnccc23)cc1. The van der Waals surface area contributed by atoms with E-state index in [2.05, 4.69) is 32.7 Å². The fourth-order valence-corrected chi connectivity index (χ4v) is 2.40. The Bertz CT molecular complexity index is 794. The molecule has 0 spiro atoms. The minimum Gasteiger partial charge on any atom is -0.343 e. The highest BCUT2D eigenvalue weighted by molar-refractivity contribution is 6.05. The number of anilines is 2. The topological polar surface area (TPSA) is 82.7 Å². The minimum absolute atomic E-state index is 0.288. The second kappa shape index (κ2) is 6.91. The number of H-pyrrole nitrogens is 1. The van der Waals surface area contributed by atoms with E-state index in [1.807, 2.05) is 24.3 Å². The van der Waals surface area contributed by atoms with Crippen LogP contribution in [0.2, 0.25) is 0 Å². The monoisotopic (exact) mass is 309 g/mol. The summed E-state index contributed by atoms with van der Waals surface area (Å²) in [6, 6.07) is 9.45. The first-order valence-corrected chi connectivity index (χ1v) is 7.72. The Labute approximate surface area is 134 Å². The third-order valence-corrected chi connectivity index (χ3v) is 3.64. The maximum Gasteiger partial charge on any atom is 0.323 e. The highest BCUT2D eigenvalue weighted by Gasteiger charge is 2.08. The smallest absolute Gasteiger partial charge is 0.323 e. The molecule has 0 atom stereocenters. The number of hydrogen-bond acceptors (Lipinski definition) is 3. The number of amides is 2. The Morgan fingerprint density at radius 1 is 1.17 bits per heavy atom. The van der Waals surface area contributed by atoms with Gasteiger partial charge in [0.1, 0.15) is 0 Å². The quantitative estimate of drug-likeness (QED) is 0.667. The third kappa shape index (κ3) is 3.66. The second-order valence-electron chi connectivity index (χ2n) is 5.38. The van der Waals surface area contributed by atoms with Crippen LogP contribution in [0.15, 0.2) is 42.7 Å². The highest BCUT2D eigenvalue weighted by Crippen LogP contribution is 2.20. The molecule has 0 saturated carbocycles. The maximum absolute atomic E-state index is 12.1. The van der Waals surface area contributed by atoms with Crippen LogP contribution in [0.4, 0.5) is 16.2 Å². The average molecular weight is 309 g/mol. The summed E-state index contributed by atoms with van der Waals surface area (Å²) in [6.45, 7) is 2.18. The van der Waals surface area contributed by atoms with E-state index in [0.29, 0.717) is 11.3 Å². The van der Waals surface area contributed by atoms with Crippen molar-refractivity contribution in [3.63, 3.8) is 0 Å². The molecule has 0 aliphatic heterocycles. The van der Waals surface area contributed by atoms with Crippen LogP contribution < -0.4 is 10.6 Å². The Morgan fingerprint density at radius 3 is 2.78 bits per heavy atom. The van der Waals surface area contributed by atoms with Gasteiger partial charge in [0, 0.05) is 17.3 Å². The molecule has 6 heteroatoms. The number of unbranched alkanes of at least 4 members (excludes halogenated alkanes) is 1. The lowest BCUT2D eigenvalue weighted by Gasteiger charge is -2.07. The highest BCUT2D eigenvalue weighted by atomic mass is 16.2. The van der Waals surface area contributed by atoms with Crippen LogP contribution in [-0.4, -0.2) is 21.2 Å². The Hall–Kier alpha value is -2.89. The van der Waals surface area contributed by atoms with Crippen LogP contribution >= 0.6 is 0 Å². The summed E-state index contributed by atoms with van der Waals surface area (Å²) in [7, 11) is 0. The fourth-order valence-electron chi connectivity index (χ4n) is 2.40. The number of fused-ring (bicyclic) bond motifs is 1. The van der Waals surface area contributed by atoms with Gasteiger partial charge in [0.15, 0.2) is 5.65 Å². The van der Waals surface area contributed by atoms with Gasteiger partial charge in [0.25, 0.3) is 0 Å². The zero-order valence-corrected chi connectivity index (χ0v) is 13.0. The Balaban J connectivity index is 1.63. The largest absolute Gasteiger partial charge is 0.343 e. The van der Waals surface area contributed by atoms with Crippen molar-refractivity contribution < 1.29 is 4.79 Å². The van der Waals surface area contributed by atoms with Gasteiger partial charge in [-0.15, -0.1) is 5.10 Å². The van der Waals surface area contributed by atoms with Crippen molar-refractivity contribution in [3.05, 3.63) is 48.3 Å². The molecule has 2 heterocycles. The van der Waals surface area contributed by atoms with E-state index in [1.165, 1.54) is 18.4 Å². The first-order chi connectivity index (χ1) is 11.3. The molecular formula is C17H19N5O. The van der Waals surface area contributed by atoms with E-state index in [9.17, 15) is 4.79 Å².